The Morgan fingerprint density at radius 3 is 2.05 bits per heavy atom. The van der Waals surface area contributed by atoms with Crippen molar-refractivity contribution in [3.8, 4) is 0 Å². The second-order valence-corrected chi connectivity index (χ2v) is 5.26. The minimum Gasteiger partial charge on any atom is -0.513 e. The van der Waals surface area contributed by atoms with E-state index in [1.807, 2.05) is 31.2 Å². The molecule has 3 heteroatoms. The predicted octanol–water partition coefficient (Wildman–Crippen LogP) is 4.87. The second kappa shape index (κ2) is 10.0. The highest BCUT2D eigenvalue weighted by Gasteiger charge is 2.16. The number of rotatable bonds is 5. The van der Waals surface area contributed by atoms with Gasteiger partial charge in [-0.05, 0) is 31.0 Å². The van der Waals surface area contributed by atoms with E-state index < -0.39 is 0 Å². The minimum absolute atomic E-state index is 0.0451. The summed E-state index contributed by atoms with van der Waals surface area (Å²) in [5.74, 6) is 0.191. The fourth-order valence-corrected chi connectivity index (χ4v) is 1.94. The van der Waals surface area contributed by atoms with E-state index in [2.05, 4.69) is 27.4 Å². The van der Waals surface area contributed by atoms with Crippen molar-refractivity contribution in [3.63, 3.8) is 0 Å². The summed E-state index contributed by atoms with van der Waals surface area (Å²) in [7, 11) is 0. The van der Waals surface area contributed by atoms with Gasteiger partial charge in [0.05, 0.1) is 5.76 Å². The van der Waals surface area contributed by atoms with Crippen LogP contribution in [0.5, 0.6) is 0 Å². The first-order valence-corrected chi connectivity index (χ1v) is 7.62. The van der Waals surface area contributed by atoms with Crippen molar-refractivity contribution in [1.29, 1.82) is 0 Å². The van der Waals surface area contributed by atoms with Gasteiger partial charge in [0, 0.05) is 25.1 Å². The number of carbonyl (C=O) groups excluding carboxylic acids is 1. The first kappa shape index (κ1) is 19.2. The summed E-state index contributed by atoms with van der Waals surface area (Å²) in [5.41, 5.74) is 1.88. The third kappa shape index (κ3) is 6.98. The number of carbonyl (C=O) groups is 1. The fourth-order valence-electron chi connectivity index (χ4n) is 1.94. The largest absolute Gasteiger partial charge is 0.513 e. The number of nitrogens with zero attached hydrogens (tertiary/aromatic N) is 1. The Hall–Kier alpha value is -1.77. The highest BCUT2D eigenvalue weighted by Crippen LogP contribution is 2.20. The summed E-state index contributed by atoms with van der Waals surface area (Å²) in [5, 5.41) is 9.14. The van der Waals surface area contributed by atoms with Crippen LogP contribution in [0.15, 0.2) is 36.6 Å². The van der Waals surface area contributed by atoms with Crippen LogP contribution in [0, 0.1) is 0 Å². The molecule has 1 aromatic rings. The lowest BCUT2D eigenvalue weighted by atomic mass is 10.1. The van der Waals surface area contributed by atoms with Crippen LogP contribution in [0.3, 0.4) is 0 Å². The van der Waals surface area contributed by atoms with Crippen LogP contribution in [-0.2, 0) is 11.2 Å². The monoisotopic (exact) mass is 291 g/mol. The predicted molar refractivity (Wildman–Crippen MR) is 90.8 cm³/mol. The molecule has 0 aliphatic rings. The Morgan fingerprint density at radius 1 is 1.24 bits per heavy atom. The summed E-state index contributed by atoms with van der Waals surface area (Å²) in [6.07, 6.45) is 2.61. The number of hydrogen-bond donors (Lipinski definition) is 1. The molecule has 1 aromatic carbocycles. The molecule has 21 heavy (non-hydrogen) atoms. The maximum Gasteiger partial charge on any atom is 0.224 e. The normalized spacial score (nSPS) is 11.1. The number of allylic oxidation sites excluding steroid dienone is 1. The van der Waals surface area contributed by atoms with Crippen molar-refractivity contribution < 1.29 is 9.90 Å². The van der Waals surface area contributed by atoms with E-state index in [0.717, 1.165) is 17.7 Å². The van der Waals surface area contributed by atoms with Crippen LogP contribution in [0.1, 0.15) is 53.0 Å². The fraction of sp³-hybridized carbons (Fsp3) is 0.500. The molecule has 0 fully saturated rings. The molecule has 1 amide bonds. The maximum atomic E-state index is 11.7. The molecule has 0 aliphatic carbocycles. The first-order valence-electron chi connectivity index (χ1n) is 7.62. The number of aliphatic hydroxyl groups excluding tert-OH is 1. The zero-order valence-electron chi connectivity index (χ0n) is 14.0. The van der Waals surface area contributed by atoms with Crippen molar-refractivity contribution in [2.45, 2.75) is 59.9 Å². The molecule has 3 nitrogen and oxygen atoms in total. The van der Waals surface area contributed by atoms with Crippen LogP contribution < -0.4 is 4.90 Å². The Kier molecular flexibility index (Phi) is 9.18. The average Bonchev–Trinajstić information content (AvgIpc) is 2.40. The lowest BCUT2D eigenvalue weighted by Gasteiger charge is -2.27. The summed E-state index contributed by atoms with van der Waals surface area (Å²) in [4.78, 5) is 13.5. The summed E-state index contributed by atoms with van der Waals surface area (Å²) >= 11 is 0. The van der Waals surface area contributed by atoms with Gasteiger partial charge in [0.2, 0.25) is 5.91 Å². The Balaban J connectivity index is 0.00000122. The lowest BCUT2D eigenvalue weighted by Crippen LogP contribution is -2.36. The van der Waals surface area contributed by atoms with Gasteiger partial charge in [-0.3, -0.25) is 4.79 Å². The van der Waals surface area contributed by atoms with Gasteiger partial charge < -0.3 is 10.0 Å². The van der Waals surface area contributed by atoms with Crippen molar-refractivity contribution >= 4 is 11.6 Å². The third-order valence-electron chi connectivity index (χ3n) is 2.99. The van der Waals surface area contributed by atoms with E-state index in [1.165, 1.54) is 6.42 Å². The maximum absolute atomic E-state index is 11.7. The Bertz CT molecular complexity index is 437. The molecule has 1 unspecified atom stereocenters. The highest BCUT2D eigenvalue weighted by molar-refractivity contribution is 5.92. The minimum atomic E-state index is 0.0451. The van der Waals surface area contributed by atoms with Gasteiger partial charge in [0.15, 0.2) is 0 Å². The average molecular weight is 291 g/mol. The van der Waals surface area contributed by atoms with Gasteiger partial charge in [0.1, 0.15) is 0 Å². The molecular formula is C18H29NO2. The van der Waals surface area contributed by atoms with E-state index in [0.29, 0.717) is 6.42 Å². The number of hydrogen-bond acceptors (Lipinski definition) is 2. The summed E-state index contributed by atoms with van der Waals surface area (Å²) in [6.45, 7) is 13.4. The van der Waals surface area contributed by atoms with Crippen molar-refractivity contribution in [2.75, 3.05) is 4.90 Å². The second-order valence-electron chi connectivity index (χ2n) is 5.26. The smallest absolute Gasteiger partial charge is 0.224 e. The molecule has 0 saturated carbocycles. The quantitative estimate of drug-likeness (QED) is 0.786. The van der Waals surface area contributed by atoms with Gasteiger partial charge in [-0.25, -0.2) is 0 Å². The van der Waals surface area contributed by atoms with Crippen LogP contribution in [-0.4, -0.2) is 17.1 Å². The Morgan fingerprint density at radius 2 is 1.71 bits per heavy atom. The highest BCUT2D eigenvalue weighted by atomic mass is 16.3. The van der Waals surface area contributed by atoms with Gasteiger partial charge in [-0.1, -0.05) is 45.9 Å². The summed E-state index contributed by atoms with van der Waals surface area (Å²) < 4.78 is 0. The molecule has 0 radical (unpaired) electrons. The van der Waals surface area contributed by atoms with E-state index in [-0.39, 0.29) is 17.7 Å². The molecule has 0 aliphatic heterocycles. The molecule has 1 atom stereocenters. The van der Waals surface area contributed by atoms with Gasteiger partial charge in [-0.2, -0.15) is 0 Å². The SMILES string of the molecule is C=C(O)Cc1ccc(N(C(C)=O)C(C)CC)cc1.CCC. The van der Waals surface area contributed by atoms with Crippen molar-refractivity contribution in [2.24, 2.45) is 0 Å². The number of anilines is 1. The molecule has 0 saturated heterocycles. The van der Waals surface area contributed by atoms with Gasteiger partial charge in [0.25, 0.3) is 0 Å². The van der Waals surface area contributed by atoms with Crippen LogP contribution in [0.2, 0.25) is 0 Å². The van der Waals surface area contributed by atoms with Gasteiger partial charge in [-0.15, -0.1) is 0 Å². The van der Waals surface area contributed by atoms with Crippen LogP contribution in [0.4, 0.5) is 5.69 Å². The zero-order chi connectivity index (χ0) is 16.4. The molecule has 0 bridgehead atoms. The van der Waals surface area contributed by atoms with E-state index in [1.54, 1.807) is 11.8 Å². The Labute approximate surface area is 129 Å². The number of benzene rings is 1. The molecule has 0 spiro atoms. The molecule has 1 rings (SSSR count). The molecule has 0 heterocycles. The molecule has 1 N–H and O–H groups in total. The van der Waals surface area contributed by atoms with Crippen LogP contribution >= 0.6 is 0 Å². The first-order chi connectivity index (χ1) is 9.87. The van der Waals surface area contributed by atoms with Crippen LogP contribution in [0.25, 0.3) is 0 Å². The number of aliphatic hydroxyl groups is 1. The van der Waals surface area contributed by atoms with Gasteiger partial charge >= 0.3 is 0 Å². The summed E-state index contributed by atoms with van der Waals surface area (Å²) in [6, 6.07) is 7.82. The van der Waals surface area contributed by atoms with E-state index in [9.17, 15) is 4.79 Å². The number of amides is 1. The van der Waals surface area contributed by atoms with Crippen molar-refractivity contribution in [1.82, 2.24) is 0 Å². The molecular weight excluding hydrogens is 262 g/mol. The lowest BCUT2D eigenvalue weighted by molar-refractivity contribution is -0.117. The molecule has 0 aromatic heterocycles. The standard InChI is InChI=1S/C15H21NO2.C3H8/c1-5-11(2)16(13(4)18)15-8-6-14(7-9-15)10-12(3)17;1-3-2/h6-9,11,17H,3,5,10H2,1-2,4H3;3H2,1-2H3. The third-order valence-corrected chi connectivity index (χ3v) is 2.99. The van der Waals surface area contributed by atoms with E-state index >= 15 is 0 Å². The molecule has 118 valence electrons. The van der Waals surface area contributed by atoms with E-state index in [4.69, 9.17) is 5.11 Å². The topological polar surface area (TPSA) is 40.5 Å². The zero-order valence-corrected chi connectivity index (χ0v) is 14.0. The van der Waals surface area contributed by atoms with Crippen molar-refractivity contribution in [3.05, 3.63) is 42.2 Å².